The summed E-state index contributed by atoms with van der Waals surface area (Å²) in [6, 6.07) is 18.5. The number of aromatic hydroxyl groups is 1. The van der Waals surface area contributed by atoms with E-state index >= 15 is 0 Å². The maximum absolute atomic E-state index is 10.1. The molecule has 0 radical (unpaired) electrons. The predicted molar refractivity (Wildman–Crippen MR) is 81.1 cm³/mol. The van der Waals surface area contributed by atoms with Gasteiger partial charge in [0.05, 0.1) is 5.52 Å². The van der Waals surface area contributed by atoms with Crippen molar-refractivity contribution in [3.8, 4) is 5.75 Å². The van der Waals surface area contributed by atoms with E-state index in [-0.39, 0.29) is 0 Å². The normalized spacial score (nSPS) is 14.8. The fraction of sp³-hybridized carbons (Fsp3) is 0.222. The van der Waals surface area contributed by atoms with Crippen LogP contribution in [0.2, 0.25) is 0 Å². The van der Waals surface area contributed by atoms with Crippen molar-refractivity contribution in [1.82, 2.24) is 4.57 Å². The Labute approximate surface area is 118 Å². The molecule has 1 heterocycles. The Balaban J connectivity index is 1.88. The van der Waals surface area contributed by atoms with Crippen LogP contribution in [0, 0.1) is 0 Å². The van der Waals surface area contributed by atoms with Crippen molar-refractivity contribution in [1.29, 1.82) is 0 Å². The molecule has 1 saturated carbocycles. The summed E-state index contributed by atoms with van der Waals surface area (Å²) in [4.78, 5) is 0. The first kappa shape index (κ1) is 11.6. The lowest BCUT2D eigenvalue weighted by molar-refractivity contribution is 0.481. The number of phenols is 1. The van der Waals surface area contributed by atoms with Gasteiger partial charge in [-0.3, -0.25) is 0 Å². The summed E-state index contributed by atoms with van der Waals surface area (Å²) in [5, 5.41) is 11.0. The highest BCUT2D eigenvalue weighted by atomic mass is 16.3. The highest BCUT2D eigenvalue weighted by Gasteiger charge is 2.28. The molecule has 2 heteroatoms. The molecular formula is C18H17NO. The molecule has 1 fully saturated rings. The van der Waals surface area contributed by atoms with Gasteiger partial charge in [-0.25, -0.2) is 0 Å². The summed E-state index contributed by atoms with van der Waals surface area (Å²) in [5.41, 5.74) is 3.80. The molecule has 20 heavy (non-hydrogen) atoms. The molecule has 3 aromatic rings. The number of aromatic nitrogens is 1. The smallest absolute Gasteiger partial charge is 0.124 e. The molecule has 0 spiro atoms. The van der Waals surface area contributed by atoms with E-state index in [1.165, 1.54) is 24.1 Å². The molecule has 0 bridgehead atoms. The number of fused-ring (bicyclic) bond motifs is 1. The van der Waals surface area contributed by atoms with E-state index < -0.39 is 0 Å². The Bertz CT molecular complexity index is 754. The van der Waals surface area contributed by atoms with Crippen molar-refractivity contribution < 1.29 is 5.11 Å². The third-order valence-electron chi connectivity index (χ3n) is 4.13. The second kappa shape index (κ2) is 4.41. The SMILES string of the molecule is Oc1cccc2c1cc(C1CC1)n2Cc1ccccc1. The van der Waals surface area contributed by atoms with Crippen LogP contribution in [0.15, 0.2) is 54.6 Å². The monoisotopic (exact) mass is 263 g/mol. The number of phenolic OH excluding ortho intramolecular Hbond substituents is 1. The summed E-state index contributed by atoms with van der Waals surface area (Å²) < 4.78 is 2.36. The highest BCUT2D eigenvalue weighted by molar-refractivity contribution is 5.87. The van der Waals surface area contributed by atoms with Crippen LogP contribution in [0.1, 0.15) is 30.0 Å². The van der Waals surface area contributed by atoms with Crippen LogP contribution in [-0.2, 0) is 6.54 Å². The first-order chi connectivity index (χ1) is 9.83. The van der Waals surface area contributed by atoms with Crippen LogP contribution >= 0.6 is 0 Å². The molecule has 0 unspecified atom stereocenters. The van der Waals surface area contributed by atoms with Crippen LogP contribution < -0.4 is 0 Å². The average Bonchev–Trinajstić information content (AvgIpc) is 3.25. The maximum atomic E-state index is 10.1. The van der Waals surface area contributed by atoms with Crippen molar-refractivity contribution in [2.75, 3.05) is 0 Å². The first-order valence-corrected chi connectivity index (χ1v) is 7.18. The zero-order valence-corrected chi connectivity index (χ0v) is 11.3. The van der Waals surface area contributed by atoms with E-state index in [2.05, 4.69) is 41.0 Å². The number of benzene rings is 2. The lowest BCUT2D eigenvalue weighted by Gasteiger charge is -2.10. The molecule has 1 aliphatic rings. The van der Waals surface area contributed by atoms with Gasteiger partial charge in [-0.2, -0.15) is 0 Å². The van der Waals surface area contributed by atoms with Gasteiger partial charge in [-0.05, 0) is 42.5 Å². The van der Waals surface area contributed by atoms with Gasteiger partial charge in [0.25, 0.3) is 0 Å². The molecular weight excluding hydrogens is 246 g/mol. The van der Waals surface area contributed by atoms with Gasteiger partial charge in [0.1, 0.15) is 5.75 Å². The van der Waals surface area contributed by atoms with Gasteiger partial charge in [0.2, 0.25) is 0 Å². The summed E-state index contributed by atoms with van der Waals surface area (Å²) >= 11 is 0. The van der Waals surface area contributed by atoms with Gasteiger partial charge in [0, 0.05) is 17.6 Å². The van der Waals surface area contributed by atoms with Crippen molar-refractivity contribution >= 4 is 10.9 Å². The summed E-state index contributed by atoms with van der Waals surface area (Å²) in [5.74, 6) is 1.06. The van der Waals surface area contributed by atoms with E-state index in [4.69, 9.17) is 0 Å². The van der Waals surface area contributed by atoms with E-state index in [1.807, 2.05) is 12.1 Å². The van der Waals surface area contributed by atoms with Gasteiger partial charge in [0.15, 0.2) is 0 Å². The Morgan fingerprint density at radius 1 is 1.00 bits per heavy atom. The number of hydrogen-bond donors (Lipinski definition) is 1. The molecule has 4 rings (SSSR count). The third kappa shape index (κ3) is 1.88. The molecule has 2 nitrogen and oxygen atoms in total. The second-order valence-electron chi connectivity index (χ2n) is 5.63. The molecule has 2 aromatic carbocycles. The van der Waals surface area contributed by atoms with Crippen LogP contribution in [0.25, 0.3) is 10.9 Å². The standard InChI is InChI=1S/C18H17NO/c20-18-8-4-7-16-15(18)11-17(14-9-10-14)19(16)12-13-5-2-1-3-6-13/h1-8,11,14,20H,9-10,12H2. The van der Waals surface area contributed by atoms with Crippen LogP contribution in [0.5, 0.6) is 5.75 Å². The molecule has 1 N–H and O–H groups in total. The minimum atomic E-state index is 0.385. The molecule has 1 aliphatic carbocycles. The van der Waals surface area contributed by atoms with Gasteiger partial charge in [-0.1, -0.05) is 36.4 Å². The Morgan fingerprint density at radius 3 is 2.55 bits per heavy atom. The molecule has 1 aromatic heterocycles. The Hall–Kier alpha value is -2.22. The predicted octanol–water partition coefficient (Wildman–Crippen LogP) is 4.27. The number of hydrogen-bond acceptors (Lipinski definition) is 1. The lowest BCUT2D eigenvalue weighted by Crippen LogP contribution is -2.03. The third-order valence-corrected chi connectivity index (χ3v) is 4.13. The van der Waals surface area contributed by atoms with Crippen LogP contribution in [0.3, 0.4) is 0 Å². The first-order valence-electron chi connectivity index (χ1n) is 7.18. The fourth-order valence-electron chi connectivity index (χ4n) is 2.95. The summed E-state index contributed by atoms with van der Waals surface area (Å²) in [6.45, 7) is 0.875. The average molecular weight is 263 g/mol. The number of rotatable bonds is 3. The summed E-state index contributed by atoms with van der Waals surface area (Å²) in [6.07, 6.45) is 2.54. The van der Waals surface area contributed by atoms with Crippen molar-refractivity contribution in [3.05, 3.63) is 65.9 Å². The minimum Gasteiger partial charge on any atom is -0.507 e. The van der Waals surface area contributed by atoms with Crippen molar-refractivity contribution in [3.63, 3.8) is 0 Å². The van der Waals surface area contributed by atoms with Crippen molar-refractivity contribution in [2.45, 2.75) is 25.3 Å². The minimum absolute atomic E-state index is 0.385. The van der Waals surface area contributed by atoms with E-state index in [9.17, 15) is 5.11 Å². The molecule has 0 atom stereocenters. The quantitative estimate of drug-likeness (QED) is 0.750. The van der Waals surface area contributed by atoms with E-state index in [0.717, 1.165) is 17.4 Å². The van der Waals surface area contributed by atoms with Gasteiger partial charge < -0.3 is 9.67 Å². The van der Waals surface area contributed by atoms with E-state index in [0.29, 0.717) is 11.7 Å². The zero-order chi connectivity index (χ0) is 13.5. The fourth-order valence-corrected chi connectivity index (χ4v) is 2.95. The molecule has 0 aliphatic heterocycles. The second-order valence-corrected chi connectivity index (χ2v) is 5.63. The van der Waals surface area contributed by atoms with Crippen molar-refractivity contribution in [2.24, 2.45) is 0 Å². The van der Waals surface area contributed by atoms with Gasteiger partial charge >= 0.3 is 0 Å². The zero-order valence-electron chi connectivity index (χ0n) is 11.3. The largest absolute Gasteiger partial charge is 0.507 e. The van der Waals surface area contributed by atoms with Gasteiger partial charge in [-0.15, -0.1) is 0 Å². The lowest BCUT2D eigenvalue weighted by atomic mass is 10.2. The molecule has 0 amide bonds. The van der Waals surface area contributed by atoms with Crippen LogP contribution in [0.4, 0.5) is 0 Å². The Morgan fingerprint density at radius 2 is 1.80 bits per heavy atom. The van der Waals surface area contributed by atoms with Crippen LogP contribution in [-0.4, -0.2) is 9.67 Å². The highest BCUT2D eigenvalue weighted by Crippen LogP contribution is 2.43. The molecule has 100 valence electrons. The topological polar surface area (TPSA) is 25.2 Å². The number of nitrogens with zero attached hydrogens (tertiary/aromatic N) is 1. The Kier molecular flexibility index (Phi) is 2.56. The maximum Gasteiger partial charge on any atom is 0.124 e. The molecule has 0 saturated heterocycles. The van der Waals surface area contributed by atoms with E-state index in [1.54, 1.807) is 6.07 Å². The summed E-state index contributed by atoms with van der Waals surface area (Å²) in [7, 11) is 0.